The topological polar surface area (TPSA) is 109 Å². The third-order valence-corrected chi connectivity index (χ3v) is 5.03. The molecule has 1 aliphatic rings. The van der Waals surface area contributed by atoms with Gasteiger partial charge in [-0.3, -0.25) is 14.9 Å². The molecule has 1 amide bonds. The van der Waals surface area contributed by atoms with Gasteiger partial charge in [0.25, 0.3) is 0 Å². The van der Waals surface area contributed by atoms with Gasteiger partial charge in [0.05, 0.1) is 18.0 Å². The molecular weight excluding hydrogens is 342 g/mol. The van der Waals surface area contributed by atoms with Crippen LogP contribution in [-0.4, -0.2) is 28.9 Å². The molecule has 0 unspecified atom stereocenters. The number of fused-ring (bicyclic) bond motifs is 1. The number of carbonyl (C=O) groups excluding carboxylic acids is 1. The van der Waals surface area contributed by atoms with Crippen LogP contribution in [0.1, 0.15) is 22.1 Å². The van der Waals surface area contributed by atoms with E-state index in [0.29, 0.717) is 6.42 Å². The molecule has 2 heterocycles. The zero-order valence-electron chi connectivity index (χ0n) is 15.0. The van der Waals surface area contributed by atoms with Gasteiger partial charge in [0.1, 0.15) is 5.69 Å². The van der Waals surface area contributed by atoms with Gasteiger partial charge >= 0.3 is 0 Å². The van der Waals surface area contributed by atoms with E-state index in [1.807, 2.05) is 24.3 Å². The Morgan fingerprint density at radius 1 is 1.48 bits per heavy atom. The van der Waals surface area contributed by atoms with E-state index in [1.165, 1.54) is 0 Å². The van der Waals surface area contributed by atoms with Crippen molar-refractivity contribution in [1.29, 1.82) is 0 Å². The molecular formula is C20H25N5O2. The molecule has 142 valence electrons. The quantitative estimate of drug-likeness (QED) is 0.650. The first-order valence-electron chi connectivity index (χ1n) is 8.88. The second kappa shape index (κ2) is 7.11. The van der Waals surface area contributed by atoms with Crippen LogP contribution in [0.4, 0.5) is 5.69 Å². The molecule has 1 saturated carbocycles. The van der Waals surface area contributed by atoms with Crippen LogP contribution in [-0.2, 0) is 4.79 Å². The van der Waals surface area contributed by atoms with Crippen LogP contribution < -0.4 is 11.1 Å². The molecule has 0 spiro atoms. The lowest BCUT2D eigenvalue weighted by atomic mass is 9.84. The van der Waals surface area contributed by atoms with E-state index in [1.54, 1.807) is 25.8 Å². The highest BCUT2D eigenvalue weighted by molar-refractivity contribution is 6.04. The number of carbonyl (C=O) groups is 1. The number of rotatable bonds is 3. The Morgan fingerprint density at radius 2 is 2.37 bits per heavy atom. The molecule has 0 aliphatic heterocycles. The molecule has 4 N–H and O–H groups in total. The highest BCUT2D eigenvalue weighted by Gasteiger charge is 2.27. The van der Waals surface area contributed by atoms with Crippen molar-refractivity contribution in [3.63, 3.8) is 0 Å². The summed E-state index contributed by atoms with van der Waals surface area (Å²) in [6.07, 6.45) is 6.98. The average molecular weight is 367 g/mol. The summed E-state index contributed by atoms with van der Waals surface area (Å²) in [6.45, 7) is 0. The summed E-state index contributed by atoms with van der Waals surface area (Å²) >= 11 is 0. The van der Waals surface area contributed by atoms with Crippen LogP contribution in [0, 0.1) is 5.92 Å². The van der Waals surface area contributed by atoms with E-state index < -0.39 is 0 Å². The highest BCUT2D eigenvalue weighted by atomic mass is 16.3. The van der Waals surface area contributed by atoms with Crippen molar-refractivity contribution in [2.45, 2.75) is 19.3 Å². The maximum absolute atomic E-state index is 12.8. The van der Waals surface area contributed by atoms with Gasteiger partial charge in [-0.1, -0.05) is 0 Å². The smallest absolute Gasteiger partial charge is 0.227 e. The fourth-order valence-corrected chi connectivity index (χ4v) is 3.56. The lowest BCUT2D eigenvalue weighted by Crippen LogP contribution is -2.29. The largest absolute Gasteiger partial charge is 0.472 e. The van der Waals surface area contributed by atoms with Crippen LogP contribution in [0.3, 0.4) is 0 Å². The summed E-state index contributed by atoms with van der Waals surface area (Å²) in [5, 5.41) is 11.3. The van der Waals surface area contributed by atoms with Crippen molar-refractivity contribution in [2.75, 3.05) is 12.4 Å². The van der Waals surface area contributed by atoms with E-state index >= 15 is 0 Å². The second-order valence-corrected chi connectivity index (χ2v) is 6.64. The zero-order valence-corrected chi connectivity index (χ0v) is 15.0. The van der Waals surface area contributed by atoms with Crippen LogP contribution in [0.15, 0.2) is 58.0 Å². The van der Waals surface area contributed by atoms with Crippen LogP contribution >= 0.6 is 0 Å². The minimum atomic E-state index is -0.112. The summed E-state index contributed by atoms with van der Waals surface area (Å²) in [4.78, 5) is 17.0. The number of hydrogen-bond acceptors (Lipinski definition) is 5. The van der Waals surface area contributed by atoms with Crippen LogP contribution in [0.2, 0.25) is 0 Å². The van der Waals surface area contributed by atoms with Gasteiger partial charge in [-0.15, -0.1) is 0 Å². The van der Waals surface area contributed by atoms with Gasteiger partial charge in [0, 0.05) is 38.2 Å². The van der Waals surface area contributed by atoms with Gasteiger partial charge in [-0.25, -0.2) is 0 Å². The molecule has 0 saturated heterocycles. The number of aliphatic imine (C=N–C) groups is 1. The van der Waals surface area contributed by atoms with Crippen molar-refractivity contribution < 1.29 is 12.1 Å². The molecule has 0 radical (unpaired) electrons. The van der Waals surface area contributed by atoms with Crippen molar-refractivity contribution in [3.05, 3.63) is 48.6 Å². The Balaban J connectivity index is 0.00000150. The molecule has 7 nitrogen and oxygen atoms in total. The lowest BCUT2D eigenvalue weighted by molar-refractivity contribution is -0.120. The monoisotopic (exact) mass is 367 g/mol. The van der Waals surface area contributed by atoms with Crippen molar-refractivity contribution in [2.24, 2.45) is 16.6 Å². The molecule has 2 aromatic heterocycles. The second-order valence-electron chi connectivity index (χ2n) is 6.64. The first kappa shape index (κ1) is 17.1. The van der Waals surface area contributed by atoms with Crippen molar-refractivity contribution in [1.82, 2.24) is 10.2 Å². The van der Waals surface area contributed by atoms with Gasteiger partial charge in [0.2, 0.25) is 5.91 Å². The molecule has 1 fully saturated rings. The number of amides is 1. The average Bonchev–Trinajstić information content (AvgIpc) is 3.36. The minimum absolute atomic E-state index is 0. The first-order chi connectivity index (χ1) is 13.2. The summed E-state index contributed by atoms with van der Waals surface area (Å²) in [6, 6.07) is 7.57. The fourth-order valence-electron chi connectivity index (χ4n) is 3.56. The molecule has 0 bridgehead atoms. The zero-order chi connectivity index (χ0) is 18.8. The number of anilines is 1. The summed E-state index contributed by atoms with van der Waals surface area (Å²) in [7, 11) is 1.76. The maximum atomic E-state index is 12.8. The number of H-pyrrole nitrogens is 1. The van der Waals surface area contributed by atoms with E-state index in [9.17, 15) is 4.79 Å². The third-order valence-electron chi connectivity index (χ3n) is 5.03. The SMILES string of the molecule is CN=C1CC[C@@H](C(=O)Nc2ccc3[nH]nc(-c4ccoc4)c3c2)C/C1=C/N.[HH].[HH]. The number of allylic oxidation sites excluding steroid dienone is 1. The normalized spacial score (nSPS) is 20.4. The number of nitrogens with zero attached hydrogens (tertiary/aromatic N) is 2. The number of aromatic nitrogens is 2. The Kier molecular flexibility index (Phi) is 4.50. The Bertz CT molecular complexity index is 1040. The fraction of sp³-hybridized carbons (Fsp3) is 0.250. The Labute approximate surface area is 159 Å². The summed E-state index contributed by atoms with van der Waals surface area (Å²) in [5.74, 6) is -0.115. The van der Waals surface area contributed by atoms with Gasteiger partial charge < -0.3 is 15.5 Å². The van der Waals surface area contributed by atoms with Gasteiger partial charge in [-0.2, -0.15) is 5.10 Å². The van der Waals surface area contributed by atoms with Crippen molar-refractivity contribution >= 4 is 28.2 Å². The molecule has 1 atom stereocenters. The number of nitrogens with one attached hydrogen (secondary N) is 2. The lowest BCUT2D eigenvalue weighted by Gasteiger charge is -2.24. The first-order valence-corrected chi connectivity index (χ1v) is 8.88. The highest BCUT2D eigenvalue weighted by Crippen LogP contribution is 2.30. The predicted molar refractivity (Wildman–Crippen MR) is 110 cm³/mol. The molecule has 3 aromatic rings. The molecule has 7 heteroatoms. The maximum Gasteiger partial charge on any atom is 0.227 e. The third kappa shape index (κ3) is 3.23. The molecule has 27 heavy (non-hydrogen) atoms. The van der Waals surface area contributed by atoms with E-state index in [4.69, 9.17) is 10.2 Å². The number of hydrogen-bond donors (Lipinski definition) is 3. The van der Waals surface area contributed by atoms with Crippen LogP contribution in [0.25, 0.3) is 22.2 Å². The van der Waals surface area contributed by atoms with Crippen molar-refractivity contribution in [3.8, 4) is 11.3 Å². The van der Waals surface area contributed by atoms with Crippen LogP contribution in [0.5, 0.6) is 0 Å². The Hall–Kier alpha value is -3.35. The van der Waals surface area contributed by atoms with Gasteiger partial charge in [-0.05, 0) is 55.3 Å². The molecule has 1 aliphatic carbocycles. The number of aromatic amines is 1. The standard InChI is InChI=1S/C20H21N5O2.2H2/c1-22-17-4-2-12(8-14(17)10-21)20(26)23-15-3-5-18-16(9-15)19(25-24-18)13-6-7-27-11-13;;/h3,5-7,9-12H,2,4,8,21H2,1H3,(H,23,26)(H,24,25);2*1H/b14-10-,22-17?;;/t12-;;/m1../s1. The molecule has 1 aromatic carbocycles. The molecule has 4 rings (SSSR count). The minimum Gasteiger partial charge on any atom is -0.472 e. The van der Waals surface area contributed by atoms with E-state index in [-0.39, 0.29) is 14.7 Å². The summed E-state index contributed by atoms with van der Waals surface area (Å²) < 4.78 is 5.15. The van der Waals surface area contributed by atoms with E-state index in [0.717, 1.165) is 52.0 Å². The predicted octanol–water partition coefficient (Wildman–Crippen LogP) is 3.97. The number of benzene rings is 1. The summed E-state index contributed by atoms with van der Waals surface area (Å²) in [5.41, 5.74) is 11.0. The number of furan rings is 1. The van der Waals surface area contributed by atoms with E-state index in [2.05, 4.69) is 20.5 Å². The number of nitrogens with two attached hydrogens (primary N) is 1. The van der Waals surface area contributed by atoms with Gasteiger partial charge in [0.15, 0.2) is 0 Å². The Morgan fingerprint density at radius 3 is 3.11 bits per heavy atom.